The minimum atomic E-state index is -1.52. The van der Waals surface area contributed by atoms with Gasteiger partial charge in [0.1, 0.15) is 12.4 Å². The molecule has 1 aliphatic carbocycles. The monoisotopic (exact) mass is 464 g/mol. The molecule has 0 saturated heterocycles. The van der Waals surface area contributed by atoms with Crippen LogP contribution in [-0.2, 0) is 34.5 Å². The zero-order valence-corrected chi connectivity index (χ0v) is 19.1. The number of aliphatic hydroxyl groups excluding tert-OH is 2. The largest absolute Gasteiger partial charge is 0.458 e. The maximum Gasteiger partial charge on any atom is 0.340 e. The first-order chi connectivity index (χ1) is 16.2. The minimum absolute atomic E-state index is 0.0830. The normalized spacial score (nSPS) is 22.4. The second kappa shape index (κ2) is 7.20. The number of hydrogen-bond donors (Lipinski definition) is 2. The van der Waals surface area contributed by atoms with Crippen molar-refractivity contribution in [2.45, 2.75) is 64.2 Å². The molecule has 2 aromatic heterocycles. The van der Waals surface area contributed by atoms with Gasteiger partial charge in [-0.15, -0.1) is 0 Å². The highest BCUT2D eigenvalue weighted by molar-refractivity contribution is 5.93. The molecule has 2 unspecified atom stereocenters. The molecule has 2 aliphatic heterocycles. The first-order valence-corrected chi connectivity index (χ1v) is 11.6. The Hall–Kier alpha value is -3.10. The first-order valence-electron chi connectivity index (χ1n) is 11.6. The fourth-order valence-electron chi connectivity index (χ4n) is 6.16. The SMILES string of the molecule is Cc1c(F)cc2nc3c(c4c2c1CCC4(C)CCCO)Cn1c-3cc2c(c1=O)COC(=O)C2O. The van der Waals surface area contributed by atoms with Crippen molar-refractivity contribution in [2.24, 2.45) is 0 Å². The highest BCUT2D eigenvalue weighted by atomic mass is 19.1. The summed E-state index contributed by atoms with van der Waals surface area (Å²) in [6.45, 7) is 4.19. The van der Waals surface area contributed by atoms with E-state index in [0.717, 1.165) is 41.3 Å². The number of carbonyl (C=O) groups excluding carboxylic acids is 1. The Balaban J connectivity index is 1.68. The maximum atomic E-state index is 14.9. The van der Waals surface area contributed by atoms with E-state index in [4.69, 9.17) is 9.72 Å². The van der Waals surface area contributed by atoms with Crippen LogP contribution in [0, 0.1) is 12.7 Å². The van der Waals surface area contributed by atoms with Crippen molar-refractivity contribution in [1.82, 2.24) is 9.55 Å². The summed E-state index contributed by atoms with van der Waals surface area (Å²) in [6, 6.07) is 3.11. The van der Waals surface area contributed by atoms with Crippen LogP contribution in [0.2, 0.25) is 0 Å². The predicted octanol–water partition coefficient (Wildman–Crippen LogP) is 2.94. The molecule has 0 fully saturated rings. The van der Waals surface area contributed by atoms with Crippen LogP contribution in [0.25, 0.3) is 22.3 Å². The van der Waals surface area contributed by atoms with E-state index >= 15 is 0 Å². The minimum Gasteiger partial charge on any atom is -0.458 e. The molecular weight excluding hydrogens is 439 g/mol. The smallest absolute Gasteiger partial charge is 0.340 e. The average Bonchev–Trinajstić information content (AvgIpc) is 3.18. The zero-order valence-electron chi connectivity index (χ0n) is 19.1. The van der Waals surface area contributed by atoms with Gasteiger partial charge in [-0.2, -0.15) is 0 Å². The van der Waals surface area contributed by atoms with E-state index in [1.165, 1.54) is 6.07 Å². The number of fused-ring (bicyclic) bond motifs is 5. The van der Waals surface area contributed by atoms with Crippen LogP contribution >= 0.6 is 0 Å². The lowest BCUT2D eigenvalue weighted by Crippen LogP contribution is -2.32. The predicted molar refractivity (Wildman–Crippen MR) is 122 cm³/mol. The van der Waals surface area contributed by atoms with E-state index in [0.29, 0.717) is 35.4 Å². The first kappa shape index (κ1) is 21.4. The highest BCUT2D eigenvalue weighted by Gasteiger charge is 2.41. The molecule has 0 radical (unpaired) electrons. The van der Waals surface area contributed by atoms with Gasteiger partial charge in [0.15, 0.2) is 6.10 Å². The number of carbonyl (C=O) groups is 1. The number of ether oxygens (including phenoxy) is 1. The third-order valence-corrected chi connectivity index (χ3v) is 7.99. The number of cyclic esters (lactones) is 1. The second-order valence-electron chi connectivity index (χ2n) is 9.92. The van der Waals surface area contributed by atoms with Gasteiger partial charge in [-0.05, 0) is 60.8 Å². The number of aryl methyl sites for hydroxylation is 1. The number of nitrogens with zero attached hydrogens (tertiary/aromatic N) is 2. The molecule has 0 spiro atoms. The average molecular weight is 464 g/mol. The van der Waals surface area contributed by atoms with Gasteiger partial charge >= 0.3 is 5.97 Å². The van der Waals surface area contributed by atoms with Gasteiger partial charge in [0.2, 0.25) is 0 Å². The second-order valence-corrected chi connectivity index (χ2v) is 9.92. The molecule has 1 aromatic carbocycles. The van der Waals surface area contributed by atoms with Gasteiger partial charge in [0.05, 0.1) is 29.0 Å². The number of aliphatic hydroxyl groups is 2. The van der Waals surface area contributed by atoms with Crippen LogP contribution in [0.1, 0.15) is 65.7 Å². The quantitative estimate of drug-likeness (QED) is 0.452. The molecule has 4 heterocycles. The third kappa shape index (κ3) is 2.72. The van der Waals surface area contributed by atoms with Gasteiger partial charge in [-0.3, -0.25) is 4.79 Å². The molecule has 8 heteroatoms. The van der Waals surface area contributed by atoms with Gasteiger partial charge in [0, 0.05) is 29.2 Å². The lowest BCUT2D eigenvalue weighted by molar-refractivity contribution is -0.157. The molecule has 2 N–H and O–H groups in total. The number of rotatable bonds is 3. The number of benzene rings is 1. The fraction of sp³-hybridized carbons (Fsp3) is 0.423. The summed E-state index contributed by atoms with van der Waals surface area (Å²) in [7, 11) is 0. The molecule has 0 amide bonds. The summed E-state index contributed by atoms with van der Waals surface area (Å²) in [5.41, 5.74) is 5.14. The van der Waals surface area contributed by atoms with Crippen molar-refractivity contribution in [3.63, 3.8) is 0 Å². The van der Waals surface area contributed by atoms with E-state index < -0.39 is 12.1 Å². The van der Waals surface area contributed by atoms with E-state index in [9.17, 15) is 24.2 Å². The fourth-order valence-corrected chi connectivity index (χ4v) is 6.16. The molecule has 7 nitrogen and oxygen atoms in total. The van der Waals surface area contributed by atoms with E-state index in [1.54, 1.807) is 17.6 Å². The van der Waals surface area contributed by atoms with Crippen LogP contribution in [0.3, 0.4) is 0 Å². The summed E-state index contributed by atoms with van der Waals surface area (Å²) in [5, 5.41) is 20.9. The summed E-state index contributed by atoms with van der Waals surface area (Å²) in [6.07, 6.45) is 1.40. The van der Waals surface area contributed by atoms with Crippen LogP contribution in [-0.4, -0.2) is 32.3 Å². The number of halogens is 1. The summed E-state index contributed by atoms with van der Waals surface area (Å²) < 4.78 is 21.5. The topological polar surface area (TPSA) is 102 Å². The van der Waals surface area contributed by atoms with Crippen LogP contribution in [0.15, 0.2) is 16.9 Å². The Kier molecular flexibility index (Phi) is 4.54. The lowest BCUT2D eigenvalue weighted by Gasteiger charge is -2.38. The van der Waals surface area contributed by atoms with Crippen LogP contribution in [0.4, 0.5) is 4.39 Å². The van der Waals surface area contributed by atoms with E-state index in [2.05, 4.69) is 6.92 Å². The number of pyridine rings is 2. The van der Waals surface area contributed by atoms with Crippen molar-refractivity contribution in [3.05, 3.63) is 61.7 Å². The third-order valence-electron chi connectivity index (χ3n) is 7.99. The van der Waals surface area contributed by atoms with Crippen molar-refractivity contribution in [2.75, 3.05) is 6.61 Å². The lowest BCUT2D eigenvalue weighted by atomic mass is 9.66. The molecule has 3 aromatic rings. The van der Waals surface area contributed by atoms with Gasteiger partial charge in [-0.1, -0.05) is 6.92 Å². The molecule has 2 atom stereocenters. The van der Waals surface area contributed by atoms with Crippen molar-refractivity contribution in [3.8, 4) is 11.4 Å². The van der Waals surface area contributed by atoms with Gasteiger partial charge < -0.3 is 19.5 Å². The van der Waals surface area contributed by atoms with Crippen LogP contribution in [0.5, 0.6) is 0 Å². The summed E-state index contributed by atoms with van der Waals surface area (Å²) in [5.74, 6) is -1.09. The van der Waals surface area contributed by atoms with E-state index in [-0.39, 0.29) is 41.1 Å². The summed E-state index contributed by atoms with van der Waals surface area (Å²) >= 11 is 0. The highest BCUT2D eigenvalue weighted by Crippen LogP contribution is 2.50. The van der Waals surface area contributed by atoms with Crippen molar-refractivity contribution in [1.29, 1.82) is 0 Å². The Morgan fingerprint density at radius 1 is 1.26 bits per heavy atom. The molecule has 3 aliphatic rings. The Labute approximate surface area is 194 Å². The number of aromatic nitrogens is 2. The Morgan fingerprint density at radius 3 is 2.82 bits per heavy atom. The molecule has 0 saturated carbocycles. The van der Waals surface area contributed by atoms with Crippen molar-refractivity contribution < 1.29 is 24.1 Å². The molecule has 34 heavy (non-hydrogen) atoms. The molecular formula is C26H25FN2O5. The van der Waals surface area contributed by atoms with E-state index in [1.807, 2.05) is 0 Å². The zero-order chi connectivity index (χ0) is 23.9. The van der Waals surface area contributed by atoms with Gasteiger partial charge in [0.25, 0.3) is 5.56 Å². The maximum absolute atomic E-state index is 14.9. The Morgan fingerprint density at radius 2 is 2.06 bits per heavy atom. The standard InChI is InChI=1S/C26H25FN2O5/c1-12-13-4-6-26(2,5-3-7-30)21-15-10-29-19(22(15)28-18(20(13)21)9-17(12)27)8-14-16(24(29)32)11-34-25(33)23(14)31/h8-9,23,30-31H,3-7,10-11H2,1-2H3. The van der Waals surface area contributed by atoms with Crippen LogP contribution < -0.4 is 5.56 Å². The van der Waals surface area contributed by atoms with Crippen molar-refractivity contribution >= 4 is 16.9 Å². The number of hydrogen-bond acceptors (Lipinski definition) is 6. The summed E-state index contributed by atoms with van der Waals surface area (Å²) in [4.78, 5) is 30.1. The Bertz CT molecular complexity index is 1480. The molecule has 6 rings (SSSR count). The number of esters is 1. The molecule has 0 bridgehead atoms. The van der Waals surface area contributed by atoms with Gasteiger partial charge in [-0.25, -0.2) is 14.2 Å². The molecule has 176 valence electrons.